The highest BCUT2D eigenvalue weighted by Crippen LogP contribution is 2.04. The minimum atomic E-state index is 0.742. The van der Waals surface area contributed by atoms with Crippen LogP contribution in [-0.4, -0.2) is 43.3 Å². The Morgan fingerprint density at radius 2 is 2.00 bits per heavy atom. The number of hydrogen-bond acceptors (Lipinski definition) is 5. The van der Waals surface area contributed by atoms with E-state index >= 15 is 0 Å². The molecule has 2 N–H and O–H groups in total. The molecule has 0 bridgehead atoms. The van der Waals surface area contributed by atoms with Crippen molar-refractivity contribution in [3.63, 3.8) is 0 Å². The van der Waals surface area contributed by atoms with E-state index in [-0.39, 0.29) is 0 Å². The predicted molar refractivity (Wildman–Crippen MR) is 64.7 cm³/mol. The number of nitrogens with one attached hydrogen (secondary N) is 2. The van der Waals surface area contributed by atoms with Crippen LogP contribution in [-0.2, 0) is 4.74 Å². The first-order valence-electron chi connectivity index (χ1n) is 5.48. The second kappa shape index (κ2) is 7.14. The second-order valence-electron chi connectivity index (χ2n) is 3.61. The van der Waals surface area contributed by atoms with Crippen LogP contribution in [0.5, 0.6) is 0 Å². The molecule has 1 rings (SSSR count). The van der Waals surface area contributed by atoms with Crippen LogP contribution in [0.4, 0.5) is 5.82 Å². The minimum Gasteiger partial charge on any atom is -0.383 e. The lowest BCUT2D eigenvalue weighted by molar-refractivity contribution is 0.200. The zero-order chi connectivity index (χ0) is 11.8. The van der Waals surface area contributed by atoms with Gasteiger partial charge >= 0.3 is 0 Å². The van der Waals surface area contributed by atoms with Crippen molar-refractivity contribution in [3.05, 3.63) is 17.6 Å². The van der Waals surface area contributed by atoms with Gasteiger partial charge in [0.1, 0.15) is 11.6 Å². The highest BCUT2D eigenvalue weighted by molar-refractivity contribution is 5.35. The van der Waals surface area contributed by atoms with Crippen molar-refractivity contribution >= 4 is 5.82 Å². The average Bonchev–Trinajstić information content (AvgIpc) is 2.22. The summed E-state index contributed by atoms with van der Waals surface area (Å²) in [4.78, 5) is 8.51. The third kappa shape index (κ3) is 5.04. The highest BCUT2D eigenvalue weighted by atomic mass is 16.5. The summed E-state index contributed by atoms with van der Waals surface area (Å²) in [7, 11) is 1.70. The normalized spacial score (nSPS) is 10.4. The quantitative estimate of drug-likeness (QED) is 0.669. The summed E-state index contributed by atoms with van der Waals surface area (Å²) in [6.45, 7) is 7.22. The molecule has 0 amide bonds. The van der Waals surface area contributed by atoms with Gasteiger partial charge in [-0.05, 0) is 13.8 Å². The van der Waals surface area contributed by atoms with Gasteiger partial charge in [-0.25, -0.2) is 9.97 Å². The Labute approximate surface area is 96.6 Å². The SMILES string of the molecule is COCCNCCNc1cc(C)nc(C)n1. The number of anilines is 1. The number of methoxy groups -OCH3 is 1. The summed E-state index contributed by atoms with van der Waals surface area (Å²) in [6, 6.07) is 1.95. The Bertz CT molecular complexity index is 297. The Hall–Kier alpha value is -1.20. The summed E-state index contributed by atoms with van der Waals surface area (Å²) in [5.74, 6) is 1.69. The van der Waals surface area contributed by atoms with Crippen molar-refractivity contribution in [2.45, 2.75) is 13.8 Å². The van der Waals surface area contributed by atoms with Gasteiger partial charge in [0.15, 0.2) is 0 Å². The van der Waals surface area contributed by atoms with Gasteiger partial charge < -0.3 is 15.4 Å². The molecule has 1 aromatic heterocycles. The molecule has 1 heterocycles. The van der Waals surface area contributed by atoms with Gasteiger partial charge in [0.05, 0.1) is 6.61 Å². The molecule has 5 heteroatoms. The maximum Gasteiger partial charge on any atom is 0.129 e. The number of nitrogens with zero attached hydrogens (tertiary/aromatic N) is 2. The number of aromatic nitrogens is 2. The van der Waals surface area contributed by atoms with Crippen LogP contribution in [0.3, 0.4) is 0 Å². The molecule has 0 saturated carbocycles. The van der Waals surface area contributed by atoms with Crippen LogP contribution in [0.2, 0.25) is 0 Å². The summed E-state index contributed by atoms with van der Waals surface area (Å²) in [5.41, 5.74) is 0.988. The molecule has 0 fully saturated rings. The van der Waals surface area contributed by atoms with Crippen LogP contribution in [0.25, 0.3) is 0 Å². The molecule has 0 aliphatic carbocycles. The van der Waals surface area contributed by atoms with E-state index in [1.807, 2.05) is 19.9 Å². The molecule has 0 aromatic carbocycles. The lowest BCUT2D eigenvalue weighted by atomic mass is 10.4. The van der Waals surface area contributed by atoms with Crippen molar-refractivity contribution in [3.8, 4) is 0 Å². The van der Waals surface area contributed by atoms with Crippen LogP contribution < -0.4 is 10.6 Å². The topological polar surface area (TPSA) is 59.1 Å². The molecular weight excluding hydrogens is 204 g/mol. The third-order valence-corrected chi connectivity index (χ3v) is 2.06. The van der Waals surface area contributed by atoms with Crippen LogP contribution in [0.15, 0.2) is 6.07 Å². The van der Waals surface area contributed by atoms with Crippen LogP contribution in [0.1, 0.15) is 11.5 Å². The van der Waals surface area contributed by atoms with Gasteiger partial charge in [0.25, 0.3) is 0 Å². The largest absolute Gasteiger partial charge is 0.383 e. The van der Waals surface area contributed by atoms with E-state index in [2.05, 4.69) is 20.6 Å². The molecular formula is C11H20N4O. The number of hydrogen-bond donors (Lipinski definition) is 2. The van der Waals surface area contributed by atoms with Gasteiger partial charge in [-0.3, -0.25) is 0 Å². The minimum absolute atomic E-state index is 0.742. The monoisotopic (exact) mass is 224 g/mol. The fraction of sp³-hybridized carbons (Fsp3) is 0.636. The van der Waals surface area contributed by atoms with Crippen molar-refractivity contribution in [2.75, 3.05) is 38.7 Å². The maximum atomic E-state index is 4.93. The number of aryl methyl sites for hydroxylation is 2. The number of rotatable bonds is 7. The van der Waals surface area contributed by atoms with Gasteiger partial charge in [-0.15, -0.1) is 0 Å². The average molecular weight is 224 g/mol. The third-order valence-electron chi connectivity index (χ3n) is 2.06. The zero-order valence-corrected chi connectivity index (χ0v) is 10.2. The van der Waals surface area contributed by atoms with Gasteiger partial charge in [-0.1, -0.05) is 0 Å². The van der Waals surface area contributed by atoms with Gasteiger partial charge in [0, 0.05) is 38.5 Å². The predicted octanol–water partition coefficient (Wildman–Crippen LogP) is 0.741. The summed E-state index contributed by atoms with van der Waals surface area (Å²) in [5, 5.41) is 6.50. The van der Waals surface area contributed by atoms with E-state index in [0.29, 0.717) is 0 Å². The van der Waals surface area contributed by atoms with Gasteiger partial charge in [-0.2, -0.15) is 0 Å². The molecule has 5 nitrogen and oxygen atoms in total. The fourth-order valence-corrected chi connectivity index (χ4v) is 1.39. The molecule has 0 saturated heterocycles. The molecule has 16 heavy (non-hydrogen) atoms. The highest BCUT2D eigenvalue weighted by Gasteiger charge is 1.97. The molecule has 0 spiro atoms. The molecule has 90 valence electrons. The first kappa shape index (κ1) is 12.9. The van der Waals surface area contributed by atoms with E-state index < -0.39 is 0 Å². The molecule has 1 aromatic rings. The lowest BCUT2D eigenvalue weighted by Crippen LogP contribution is -2.25. The Kier molecular flexibility index (Phi) is 5.74. The van der Waals surface area contributed by atoms with Crippen molar-refractivity contribution < 1.29 is 4.74 Å². The van der Waals surface area contributed by atoms with E-state index in [4.69, 9.17) is 4.74 Å². The van der Waals surface area contributed by atoms with Crippen LogP contribution in [0, 0.1) is 13.8 Å². The lowest BCUT2D eigenvalue weighted by Gasteiger charge is -2.07. The molecule has 0 radical (unpaired) electrons. The van der Waals surface area contributed by atoms with Crippen molar-refractivity contribution in [1.82, 2.24) is 15.3 Å². The Morgan fingerprint density at radius 3 is 2.69 bits per heavy atom. The van der Waals surface area contributed by atoms with Gasteiger partial charge in [0.2, 0.25) is 0 Å². The Balaban J connectivity index is 2.21. The first-order valence-corrected chi connectivity index (χ1v) is 5.48. The summed E-state index contributed by atoms with van der Waals surface area (Å²) in [6.07, 6.45) is 0. The molecule has 0 aliphatic heterocycles. The van der Waals surface area contributed by atoms with Crippen LogP contribution >= 0.6 is 0 Å². The van der Waals surface area contributed by atoms with E-state index in [0.717, 1.165) is 43.6 Å². The summed E-state index contributed by atoms with van der Waals surface area (Å²) < 4.78 is 4.93. The first-order chi connectivity index (χ1) is 7.72. The standard InChI is InChI=1S/C11H20N4O/c1-9-8-11(15-10(2)14-9)13-5-4-12-6-7-16-3/h8,12H,4-7H2,1-3H3,(H,13,14,15). The summed E-state index contributed by atoms with van der Waals surface area (Å²) >= 11 is 0. The van der Waals surface area contributed by atoms with Crippen molar-refractivity contribution in [1.29, 1.82) is 0 Å². The van der Waals surface area contributed by atoms with E-state index in [1.54, 1.807) is 7.11 Å². The maximum absolute atomic E-state index is 4.93. The second-order valence-corrected chi connectivity index (χ2v) is 3.61. The van der Waals surface area contributed by atoms with Crippen molar-refractivity contribution in [2.24, 2.45) is 0 Å². The van der Waals surface area contributed by atoms with E-state index in [9.17, 15) is 0 Å². The zero-order valence-electron chi connectivity index (χ0n) is 10.2. The Morgan fingerprint density at radius 1 is 1.19 bits per heavy atom. The smallest absolute Gasteiger partial charge is 0.129 e. The molecule has 0 aliphatic rings. The number of ether oxygens (including phenoxy) is 1. The molecule has 0 unspecified atom stereocenters. The molecule has 0 atom stereocenters. The fourth-order valence-electron chi connectivity index (χ4n) is 1.39. The van der Waals surface area contributed by atoms with E-state index in [1.165, 1.54) is 0 Å².